The molecule has 0 aromatic heterocycles. The maximum Gasteiger partial charge on any atom is 0.200 e. The average molecular weight is 435 g/mol. The third kappa shape index (κ3) is 4.35. The summed E-state index contributed by atoms with van der Waals surface area (Å²) >= 11 is 6.48. The molecule has 0 spiro atoms. The van der Waals surface area contributed by atoms with Crippen molar-refractivity contribution in [1.82, 2.24) is 0 Å². The van der Waals surface area contributed by atoms with E-state index in [9.17, 15) is 5.11 Å². The highest BCUT2D eigenvalue weighted by Gasteiger charge is 2.58. The Kier molecular flexibility index (Phi) is 6.34. The van der Waals surface area contributed by atoms with Gasteiger partial charge in [0.2, 0.25) is 5.79 Å². The summed E-state index contributed by atoms with van der Waals surface area (Å²) in [6, 6.07) is 13.6. The number of fused-ring (bicyclic) bond motifs is 2. The van der Waals surface area contributed by atoms with Crippen LogP contribution in [0.25, 0.3) is 0 Å². The Morgan fingerprint density at radius 1 is 1.17 bits per heavy atom. The fourth-order valence-corrected chi connectivity index (χ4v) is 4.37. The normalized spacial score (nSPS) is 27.9. The van der Waals surface area contributed by atoms with Gasteiger partial charge < -0.3 is 29.2 Å². The maximum atomic E-state index is 10.5. The summed E-state index contributed by atoms with van der Waals surface area (Å²) in [6.07, 6.45) is 0.622. The Hall–Kier alpha value is -1.67. The molecule has 2 heterocycles. The van der Waals surface area contributed by atoms with Crippen LogP contribution in [-0.2, 0) is 26.4 Å². The van der Waals surface area contributed by atoms with Crippen LogP contribution < -0.4 is 4.74 Å². The quantitative estimate of drug-likeness (QED) is 0.663. The fourth-order valence-electron chi connectivity index (χ4n) is 4.19. The number of hydrogen-bond donors (Lipinski definition) is 2. The highest BCUT2D eigenvalue weighted by molar-refractivity contribution is 6.31. The van der Waals surface area contributed by atoms with Crippen LogP contribution in [0.15, 0.2) is 42.5 Å². The largest absolute Gasteiger partial charge is 0.494 e. The first-order valence-corrected chi connectivity index (χ1v) is 10.6. The van der Waals surface area contributed by atoms with E-state index in [0.29, 0.717) is 30.9 Å². The van der Waals surface area contributed by atoms with Crippen LogP contribution in [0.5, 0.6) is 5.75 Å². The fraction of sp³-hybridized carbons (Fsp3) is 0.478. The summed E-state index contributed by atoms with van der Waals surface area (Å²) in [6.45, 7) is 2.78. The lowest BCUT2D eigenvalue weighted by Crippen LogP contribution is -2.47. The molecule has 3 atom stereocenters. The molecule has 2 aliphatic rings. The predicted octanol–water partition coefficient (Wildman–Crippen LogP) is 3.39. The molecule has 2 aromatic rings. The summed E-state index contributed by atoms with van der Waals surface area (Å²) in [5, 5.41) is 20.2. The molecule has 7 heteroatoms. The van der Waals surface area contributed by atoms with E-state index in [2.05, 4.69) is 0 Å². The van der Waals surface area contributed by atoms with Gasteiger partial charge >= 0.3 is 0 Å². The first-order valence-electron chi connectivity index (χ1n) is 10.3. The molecular formula is C23H27ClO6. The van der Waals surface area contributed by atoms with Gasteiger partial charge in [0.05, 0.1) is 25.9 Å². The Morgan fingerprint density at radius 2 is 1.97 bits per heavy atom. The van der Waals surface area contributed by atoms with Crippen LogP contribution in [0.4, 0.5) is 0 Å². The number of ether oxygens (including phenoxy) is 4. The zero-order valence-corrected chi connectivity index (χ0v) is 17.7. The van der Waals surface area contributed by atoms with Gasteiger partial charge in [-0.1, -0.05) is 29.8 Å². The maximum absolute atomic E-state index is 10.5. The lowest BCUT2D eigenvalue weighted by molar-refractivity contribution is -0.313. The molecule has 6 nitrogen and oxygen atoms in total. The van der Waals surface area contributed by atoms with Crippen molar-refractivity contribution in [2.24, 2.45) is 0 Å². The van der Waals surface area contributed by atoms with Gasteiger partial charge in [-0.2, -0.15) is 0 Å². The first-order chi connectivity index (χ1) is 14.5. The molecule has 0 saturated carbocycles. The van der Waals surface area contributed by atoms with Crippen molar-refractivity contribution in [2.75, 3.05) is 26.4 Å². The summed E-state index contributed by atoms with van der Waals surface area (Å²) < 4.78 is 23.5. The van der Waals surface area contributed by atoms with Gasteiger partial charge in [0.25, 0.3) is 0 Å². The molecule has 30 heavy (non-hydrogen) atoms. The lowest BCUT2D eigenvalue weighted by atomic mass is 9.91. The molecule has 2 aromatic carbocycles. The third-order valence-electron chi connectivity index (χ3n) is 5.50. The minimum Gasteiger partial charge on any atom is -0.494 e. The zero-order chi connectivity index (χ0) is 21.2. The average Bonchev–Trinajstić information content (AvgIpc) is 3.02. The molecule has 4 rings (SSSR count). The summed E-state index contributed by atoms with van der Waals surface area (Å²) in [4.78, 5) is 0. The number of hydrogen-bond acceptors (Lipinski definition) is 6. The van der Waals surface area contributed by atoms with E-state index in [-0.39, 0.29) is 19.8 Å². The Bertz CT molecular complexity index is 872. The first kappa shape index (κ1) is 21.6. The van der Waals surface area contributed by atoms with Crippen LogP contribution in [0.1, 0.15) is 36.5 Å². The number of rotatable bonds is 8. The van der Waals surface area contributed by atoms with Crippen molar-refractivity contribution in [3.05, 3.63) is 64.2 Å². The molecule has 3 unspecified atom stereocenters. The van der Waals surface area contributed by atoms with Gasteiger partial charge in [-0.05, 0) is 48.7 Å². The number of benzene rings is 2. The van der Waals surface area contributed by atoms with Gasteiger partial charge in [0.15, 0.2) is 5.79 Å². The second kappa shape index (κ2) is 8.83. The van der Waals surface area contributed by atoms with Crippen molar-refractivity contribution in [3.8, 4) is 5.75 Å². The van der Waals surface area contributed by atoms with Crippen LogP contribution >= 0.6 is 11.6 Å². The number of halogens is 1. The molecule has 2 bridgehead atoms. The minimum absolute atomic E-state index is 0.121. The predicted molar refractivity (Wildman–Crippen MR) is 112 cm³/mol. The lowest BCUT2D eigenvalue weighted by Gasteiger charge is -2.40. The van der Waals surface area contributed by atoms with Crippen molar-refractivity contribution in [3.63, 3.8) is 0 Å². The molecule has 0 amide bonds. The van der Waals surface area contributed by atoms with E-state index in [1.54, 1.807) is 0 Å². The van der Waals surface area contributed by atoms with Gasteiger partial charge in [-0.15, -0.1) is 0 Å². The van der Waals surface area contributed by atoms with Crippen molar-refractivity contribution in [2.45, 2.75) is 43.9 Å². The van der Waals surface area contributed by atoms with Crippen molar-refractivity contribution >= 4 is 11.6 Å². The number of aliphatic hydroxyl groups excluding tert-OH is 2. The van der Waals surface area contributed by atoms with Crippen molar-refractivity contribution in [1.29, 1.82) is 0 Å². The van der Waals surface area contributed by atoms with Crippen LogP contribution in [-0.4, -0.2) is 48.5 Å². The molecule has 2 N–H and O–H groups in total. The molecule has 2 fully saturated rings. The Morgan fingerprint density at radius 3 is 2.70 bits per heavy atom. The second-order valence-corrected chi connectivity index (χ2v) is 8.16. The van der Waals surface area contributed by atoms with Gasteiger partial charge in [-0.25, -0.2) is 0 Å². The second-order valence-electron chi connectivity index (χ2n) is 7.75. The SMILES string of the molecule is CCOc1ccc(Cc2cc(C34CC(O)CC(OCCO)(CO3)O4)ccc2Cl)cc1. The summed E-state index contributed by atoms with van der Waals surface area (Å²) in [5.74, 6) is -1.30. The summed E-state index contributed by atoms with van der Waals surface area (Å²) in [5.41, 5.74) is 2.84. The van der Waals surface area contributed by atoms with Crippen molar-refractivity contribution < 1.29 is 29.2 Å². The van der Waals surface area contributed by atoms with E-state index in [1.807, 2.05) is 49.4 Å². The Labute approximate surface area is 181 Å². The molecule has 162 valence electrons. The van der Waals surface area contributed by atoms with E-state index in [0.717, 1.165) is 22.4 Å². The summed E-state index contributed by atoms with van der Waals surface area (Å²) in [7, 11) is 0. The topological polar surface area (TPSA) is 77.4 Å². The van der Waals surface area contributed by atoms with E-state index in [4.69, 9.17) is 35.7 Å². The molecular weight excluding hydrogens is 408 g/mol. The van der Waals surface area contributed by atoms with Gasteiger partial charge in [0, 0.05) is 23.4 Å². The zero-order valence-electron chi connectivity index (χ0n) is 17.0. The van der Waals surface area contributed by atoms with E-state index >= 15 is 0 Å². The van der Waals surface area contributed by atoms with E-state index in [1.165, 1.54) is 0 Å². The smallest absolute Gasteiger partial charge is 0.200 e. The third-order valence-corrected chi connectivity index (χ3v) is 5.87. The highest BCUT2D eigenvalue weighted by atomic mass is 35.5. The monoisotopic (exact) mass is 434 g/mol. The van der Waals surface area contributed by atoms with Gasteiger partial charge in [-0.3, -0.25) is 0 Å². The molecule has 0 radical (unpaired) electrons. The van der Waals surface area contributed by atoms with Crippen LogP contribution in [0, 0.1) is 0 Å². The highest BCUT2D eigenvalue weighted by Crippen LogP contribution is 2.50. The van der Waals surface area contributed by atoms with Gasteiger partial charge in [0.1, 0.15) is 12.4 Å². The van der Waals surface area contributed by atoms with Crippen LogP contribution in [0.2, 0.25) is 5.02 Å². The minimum atomic E-state index is -1.09. The van der Waals surface area contributed by atoms with Crippen LogP contribution in [0.3, 0.4) is 0 Å². The van der Waals surface area contributed by atoms with E-state index < -0.39 is 17.7 Å². The molecule has 0 aliphatic carbocycles. The Balaban J connectivity index is 1.58. The molecule has 2 saturated heterocycles. The standard InChI is InChI=1S/C23H27ClO6/c1-2-27-20-6-3-16(4-7-20)11-17-12-18(5-8-21(17)24)23-14-19(26)13-22(30-23,15-29-23)28-10-9-25/h3-8,12,19,25-26H,2,9-11,13-15H2,1H3. The number of aliphatic hydroxyl groups is 2. The molecule has 2 aliphatic heterocycles.